The molecule has 4 aromatic carbocycles. The summed E-state index contributed by atoms with van der Waals surface area (Å²) in [6, 6.07) is 18.8. The van der Waals surface area contributed by atoms with Crippen LogP contribution in [0.1, 0.15) is 33.3 Å². The van der Waals surface area contributed by atoms with Gasteiger partial charge in [-0.1, -0.05) is 30.3 Å². The third-order valence-corrected chi connectivity index (χ3v) is 10.9. The van der Waals surface area contributed by atoms with Gasteiger partial charge in [-0.25, -0.2) is 8.42 Å². The summed E-state index contributed by atoms with van der Waals surface area (Å²) < 4.78 is 82.0. The maximum atomic E-state index is 14.1. The lowest BCUT2D eigenvalue weighted by Gasteiger charge is -2.26. The first-order chi connectivity index (χ1) is 34.1. The Hall–Kier alpha value is -8.35. The van der Waals surface area contributed by atoms with Crippen LogP contribution in [-0.2, 0) is 86.3 Å². The van der Waals surface area contributed by atoms with E-state index in [2.05, 4.69) is 14.2 Å². The van der Waals surface area contributed by atoms with E-state index in [0.29, 0.717) is 16.3 Å². The molecule has 0 bridgehead atoms. The quantitative estimate of drug-likeness (QED) is 0.0388. The summed E-state index contributed by atoms with van der Waals surface area (Å²) in [5, 5.41) is 1.10. The average Bonchev–Trinajstić information content (AvgIpc) is 3.29. The highest BCUT2D eigenvalue weighted by atomic mass is 32.2. The van der Waals surface area contributed by atoms with Gasteiger partial charge in [0.25, 0.3) is 10.0 Å². The molecule has 0 fully saturated rings. The van der Waals surface area contributed by atoms with Gasteiger partial charge in [0.15, 0.2) is 0 Å². The minimum absolute atomic E-state index is 0.00885. The van der Waals surface area contributed by atoms with Crippen molar-refractivity contribution in [3.8, 4) is 11.5 Å². The Kier molecular flexibility index (Phi) is 21.2. The van der Waals surface area contributed by atoms with E-state index in [1.165, 1.54) is 35.2 Å². The minimum atomic E-state index is -4.33. The summed E-state index contributed by atoms with van der Waals surface area (Å²) in [4.78, 5) is 101. The van der Waals surface area contributed by atoms with Gasteiger partial charge in [0.1, 0.15) is 50.9 Å². The van der Waals surface area contributed by atoms with Crippen molar-refractivity contribution in [2.24, 2.45) is 0 Å². The van der Waals surface area contributed by atoms with E-state index < -0.39 is 111 Å². The van der Waals surface area contributed by atoms with E-state index >= 15 is 0 Å². The van der Waals surface area contributed by atoms with Crippen molar-refractivity contribution in [2.45, 2.75) is 39.5 Å². The Balaban J connectivity index is 1.71. The first-order valence-corrected chi connectivity index (χ1v) is 23.0. The SMILES string of the molecule is CC(=O)OCOC(=O)CN(CC(=O)OCOC(C)=O)c1ccc(C)cc1OCCOc1cc(NS(=O)(=O)c2cccc3c(N(C)C)cccc23)ccc1N(CC(=O)OCOC(C)=O)CC(=O)OCOC(C)=O. The molecule has 0 radical (unpaired) electrons. The lowest BCUT2D eigenvalue weighted by atomic mass is 10.1. The summed E-state index contributed by atoms with van der Waals surface area (Å²) >= 11 is 0. The van der Waals surface area contributed by atoms with Crippen LogP contribution < -0.4 is 28.9 Å². The predicted octanol–water partition coefficient (Wildman–Crippen LogP) is 3.34. The number of rotatable bonds is 27. The molecule has 0 saturated carbocycles. The number of carbonyl (C=O) groups is 8. The summed E-state index contributed by atoms with van der Waals surface area (Å²) in [7, 11) is -0.678. The lowest BCUT2D eigenvalue weighted by Crippen LogP contribution is -2.37. The third kappa shape index (κ3) is 18.2. The van der Waals surface area contributed by atoms with Gasteiger partial charge < -0.3 is 62.1 Å². The smallest absolute Gasteiger partial charge is 0.328 e. The van der Waals surface area contributed by atoms with Crippen LogP contribution in [0.25, 0.3) is 10.8 Å². The number of aryl methyl sites for hydroxylation is 1. The largest absolute Gasteiger partial charge is 0.488 e. The fraction of sp³-hybridized carbons (Fsp3) is 0.362. The molecule has 0 aliphatic rings. The number of benzene rings is 4. The zero-order valence-electron chi connectivity index (χ0n) is 40.4. The fourth-order valence-electron chi connectivity index (χ4n) is 6.33. The van der Waals surface area contributed by atoms with Crippen molar-refractivity contribution >= 4 is 91.3 Å². The van der Waals surface area contributed by atoms with Gasteiger partial charge in [0, 0.05) is 64.3 Å². The second kappa shape index (κ2) is 27.2. The topological polar surface area (TPSA) is 285 Å². The van der Waals surface area contributed by atoms with Crippen LogP contribution in [0.3, 0.4) is 0 Å². The number of hydrogen-bond acceptors (Lipinski definition) is 23. The lowest BCUT2D eigenvalue weighted by molar-refractivity contribution is -0.167. The molecule has 0 aliphatic carbocycles. The molecule has 0 unspecified atom stereocenters. The Morgan fingerprint density at radius 2 is 0.889 bits per heavy atom. The first-order valence-electron chi connectivity index (χ1n) is 21.5. The second-order valence-corrected chi connectivity index (χ2v) is 16.9. The van der Waals surface area contributed by atoms with Crippen LogP contribution in [0.15, 0.2) is 77.7 Å². The van der Waals surface area contributed by atoms with Gasteiger partial charge in [0.05, 0.1) is 22.0 Å². The standard InChI is InChI=1S/C47H54N4O20S/c1-30-14-16-39(50(22-44(56)68-26-64-31(2)52)23-45(57)69-27-65-32(3)53)41(20-30)62-18-19-63-42-21-35(48-72(60,61)43-13-9-10-36-37(43)11-8-12-38(36)49(6)7)15-17-40(42)51(24-46(58)70-28-66-33(4)54)25-47(59)71-29-67-34(5)55/h8-17,20-21,48H,18-19,22-29H2,1-7H3. The van der Waals surface area contributed by atoms with Gasteiger partial charge >= 0.3 is 47.8 Å². The van der Waals surface area contributed by atoms with Gasteiger partial charge in [-0.3, -0.25) is 43.1 Å². The Labute approximate surface area is 413 Å². The van der Waals surface area contributed by atoms with Crippen molar-refractivity contribution < 1.29 is 94.1 Å². The number of fused-ring (bicyclic) bond motifs is 1. The fourth-order valence-corrected chi connectivity index (χ4v) is 7.60. The van der Waals surface area contributed by atoms with Crippen LogP contribution >= 0.6 is 0 Å². The van der Waals surface area contributed by atoms with E-state index in [1.54, 1.807) is 43.3 Å². The Bertz CT molecular complexity index is 2660. The highest BCUT2D eigenvalue weighted by molar-refractivity contribution is 7.93. The van der Waals surface area contributed by atoms with Gasteiger partial charge in [-0.05, 0) is 48.9 Å². The summed E-state index contributed by atoms with van der Waals surface area (Å²) in [6.45, 7) is 0.0347. The van der Waals surface area contributed by atoms with E-state index in [9.17, 15) is 46.8 Å². The van der Waals surface area contributed by atoms with Crippen molar-refractivity contribution in [3.05, 3.63) is 78.4 Å². The number of esters is 8. The molecule has 24 nitrogen and oxygen atoms in total. The van der Waals surface area contributed by atoms with Crippen LogP contribution in [0.2, 0.25) is 0 Å². The van der Waals surface area contributed by atoms with E-state index in [4.69, 9.17) is 37.9 Å². The number of nitrogens with zero attached hydrogens (tertiary/aromatic N) is 3. The normalized spacial score (nSPS) is 10.7. The molecular formula is C47H54N4O20S. The summed E-state index contributed by atoms with van der Waals surface area (Å²) in [5.74, 6) is -6.73. The molecule has 72 heavy (non-hydrogen) atoms. The van der Waals surface area contributed by atoms with Crippen LogP contribution in [0.4, 0.5) is 22.7 Å². The van der Waals surface area contributed by atoms with Crippen molar-refractivity contribution in [3.63, 3.8) is 0 Å². The van der Waals surface area contributed by atoms with Crippen LogP contribution in [0.5, 0.6) is 11.5 Å². The van der Waals surface area contributed by atoms with Crippen molar-refractivity contribution in [1.29, 1.82) is 0 Å². The van der Waals surface area contributed by atoms with Crippen molar-refractivity contribution in [1.82, 2.24) is 0 Å². The molecule has 25 heteroatoms. The van der Waals surface area contributed by atoms with Gasteiger partial charge in [-0.2, -0.15) is 0 Å². The monoisotopic (exact) mass is 1030 g/mol. The molecule has 0 aromatic heterocycles. The highest BCUT2D eigenvalue weighted by Crippen LogP contribution is 2.36. The second-order valence-electron chi connectivity index (χ2n) is 15.3. The molecule has 0 spiro atoms. The molecule has 0 aliphatic heterocycles. The van der Waals surface area contributed by atoms with Gasteiger partial charge in [0.2, 0.25) is 27.2 Å². The van der Waals surface area contributed by atoms with Crippen LogP contribution in [0, 0.1) is 6.92 Å². The number of nitrogens with one attached hydrogen (secondary N) is 1. The number of anilines is 4. The number of sulfonamides is 1. The molecule has 0 heterocycles. The predicted molar refractivity (Wildman–Crippen MR) is 253 cm³/mol. The molecular weight excluding hydrogens is 973 g/mol. The van der Waals surface area contributed by atoms with Gasteiger partial charge in [-0.15, -0.1) is 0 Å². The molecule has 388 valence electrons. The average molecular weight is 1030 g/mol. The maximum absolute atomic E-state index is 14.1. The highest BCUT2D eigenvalue weighted by Gasteiger charge is 2.25. The van der Waals surface area contributed by atoms with E-state index in [1.807, 2.05) is 25.1 Å². The molecule has 0 atom stereocenters. The molecule has 1 N–H and O–H groups in total. The molecule has 4 rings (SSSR count). The molecule has 4 aromatic rings. The third-order valence-electron chi connectivity index (χ3n) is 9.45. The maximum Gasteiger partial charge on any atom is 0.328 e. The summed E-state index contributed by atoms with van der Waals surface area (Å²) in [6.07, 6.45) is 0. The zero-order chi connectivity index (χ0) is 53.0. The zero-order valence-corrected chi connectivity index (χ0v) is 41.2. The van der Waals surface area contributed by atoms with E-state index in [-0.39, 0.29) is 46.7 Å². The number of ether oxygens (including phenoxy) is 10. The first kappa shape index (κ1) is 56.2. The Morgan fingerprint density at radius 1 is 0.486 bits per heavy atom. The number of hydrogen-bond donors (Lipinski definition) is 1. The minimum Gasteiger partial charge on any atom is -0.488 e. The molecule has 0 saturated heterocycles. The molecule has 0 amide bonds. The Morgan fingerprint density at radius 3 is 1.32 bits per heavy atom. The van der Waals surface area contributed by atoms with Crippen molar-refractivity contribution in [2.75, 3.05) is 100 Å². The van der Waals surface area contributed by atoms with Crippen LogP contribution in [-0.4, -0.2) is 137 Å². The van der Waals surface area contributed by atoms with E-state index in [0.717, 1.165) is 38.3 Å². The number of carbonyl (C=O) groups excluding carboxylic acids is 8. The summed E-state index contributed by atoms with van der Waals surface area (Å²) in [5.41, 5.74) is 1.60.